The maximum absolute atomic E-state index is 9.83. The number of aliphatic hydroxyl groups is 1. The third kappa shape index (κ3) is 2.28. The van der Waals surface area contributed by atoms with Gasteiger partial charge in [0.1, 0.15) is 12.1 Å². The van der Waals surface area contributed by atoms with Crippen LogP contribution in [0.1, 0.15) is 16.8 Å². The van der Waals surface area contributed by atoms with Gasteiger partial charge >= 0.3 is 0 Å². The van der Waals surface area contributed by atoms with E-state index in [1.54, 1.807) is 6.92 Å². The number of aromatic amines is 1. The fourth-order valence-corrected chi connectivity index (χ4v) is 1.31. The molecule has 7 heteroatoms. The molecule has 7 nitrogen and oxygen atoms in total. The number of aliphatic hydroxyl groups excluding tert-OH is 1. The second-order valence-corrected chi connectivity index (χ2v) is 3.36. The minimum Gasteiger partial charge on any atom is -0.505 e. The zero-order valence-electron chi connectivity index (χ0n) is 9.12. The zero-order chi connectivity index (χ0) is 12.3. The van der Waals surface area contributed by atoms with Crippen LogP contribution in [0.5, 0.6) is 5.75 Å². The first-order valence-corrected chi connectivity index (χ1v) is 4.90. The number of aliphatic imine (C=N–C) groups is 1. The molecule has 0 aliphatic heterocycles. The molecule has 0 unspecified atom stereocenters. The number of aromatic nitrogens is 4. The second kappa shape index (κ2) is 4.71. The highest BCUT2D eigenvalue weighted by Crippen LogP contribution is 2.22. The van der Waals surface area contributed by atoms with E-state index < -0.39 is 0 Å². The molecule has 2 aromatic rings. The molecule has 0 spiro atoms. The van der Waals surface area contributed by atoms with Gasteiger partial charge in [-0.15, -0.1) is 0 Å². The molecule has 3 N–H and O–H groups in total. The largest absolute Gasteiger partial charge is 0.505 e. The summed E-state index contributed by atoms with van der Waals surface area (Å²) in [5.41, 5.74) is 1.40. The predicted molar refractivity (Wildman–Crippen MR) is 60.2 cm³/mol. The van der Waals surface area contributed by atoms with Gasteiger partial charge in [0.25, 0.3) is 0 Å². The van der Waals surface area contributed by atoms with Crippen molar-refractivity contribution in [3.05, 3.63) is 29.3 Å². The van der Waals surface area contributed by atoms with Crippen molar-refractivity contribution < 1.29 is 10.2 Å². The molecule has 0 saturated carbocycles. The Hall–Kier alpha value is -2.28. The van der Waals surface area contributed by atoms with E-state index in [-0.39, 0.29) is 12.4 Å². The fourth-order valence-electron chi connectivity index (χ4n) is 1.31. The summed E-state index contributed by atoms with van der Waals surface area (Å²) >= 11 is 0. The molecule has 0 bridgehead atoms. The lowest BCUT2D eigenvalue weighted by Gasteiger charge is -2.06. The van der Waals surface area contributed by atoms with Crippen molar-refractivity contribution in [1.29, 1.82) is 0 Å². The number of aryl methyl sites for hydroxylation is 1. The van der Waals surface area contributed by atoms with Crippen LogP contribution in [0.3, 0.4) is 0 Å². The van der Waals surface area contributed by atoms with Crippen LogP contribution >= 0.6 is 0 Å². The van der Waals surface area contributed by atoms with E-state index in [1.807, 2.05) is 0 Å². The number of rotatable bonds is 3. The summed E-state index contributed by atoms with van der Waals surface area (Å²) in [5.74, 6) is 0.322. The average Bonchev–Trinajstić information content (AvgIpc) is 2.84. The van der Waals surface area contributed by atoms with E-state index in [1.165, 1.54) is 18.7 Å². The maximum atomic E-state index is 9.83. The van der Waals surface area contributed by atoms with Crippen molar-refractivity contribution in [1.82, 2.24) is 20.2 Å². The first-order valence-electron chi connectivity index (χ1n) is 4.90. The first-order chi connectivity index (χ1) is 8.22. The van der Waals surface area contributed by atoms with Crippen molar-refractivity contribution in [3.63, 3.8) is 0 Å². The lowest BCUT2D eigenvalue weighted by atomic mass is 10.1. The van der Waals surface area contributed by atoms with Crippen LogP contribution in [0.25, 0.3) is 0 Å². The van der Waals surface area contributed by atoms with Crippen molar-refractivity contribution in [2.45, 2.75) is 13.5 Å². The zero-order valence-corrected chi connectivity index (χ0v) is 9.12. The molecule has 0 fully saturated rings. The van der Waals surface area contributed by atoms with Gasteiger partial charge in [0.15, 0.2) is 0 Å². The molecular weight excluding hydrogens is 222 g/mol. The number of H-pyrrole nitrogens is 1. The molecule has 2 aromatic heterocycles. The van der Waals surface area contributed by atoms with E-state index in [9.17, 15) is 5.11 Å². The van der Waals surface area contributed by atoms with Crippen LogP contribution in [0.2, 0.25) is 0 Å². The number of nitrogens with one attached hydrogen (secondary N) is 1. The Bertz CT molecular complexity index is 536. The summed E-state index contributed by atoms with van der Waals surface area (Å²) in [4.78, 5) is 11.8. The molecular formula is C10H11N5O2. The van der Waals surface area contributed by atoms with Gasteiger partial charge in [0, 0.05) is 23.5 Å². The van der Waals surface area contributed by atoms with Crippen LogP contribution in [0, 0.1) is 6.92 Å². The highest BCUT2D eigenvalue weighted by Gasteiger charge is 2.09. The quantitative estimate of drug-likeness (QED) is 0.667. The van der Waals surface area contributed by atoms with Crippen molar-refractivity contribution >= 4 is 12.2 Å². The lowest BCUT2D eigenvalue weighted by Crippen LogP contribution is -1.97. The minimum atomic E-state index is -0.224. The van der Waals surface area contributed by atoms with Gasteiger partial charge in [-0.05, 0) is 6.92 Å². The van der Waals surface area contributed by atoms with E-state index in [0.717, 1.165) is 0 Å². The van der Waals surface area contributed by atoms with Gasteiger partial charge in [-0.1, -0.05) is 0 Å². The molecule has 17 heavy (non-hydrogen) atoms. The third-order valence-corrected chi connectivity index (χ3v) is 2.25. The smallest absolute Gasteiger partial charge is 0.245 e. The van der Waals surface area contributed by atoms with Crippen molar-refractivity contribution in [2.75, 3.05) is 0 Å². The molecule has 0 aliphatic rings. The standard InChI is InChI=1S/C10H11N5O2/c1-6-9(17)8(7(4-16)2-11-6)3-12-10-13-5-14-15-10/h2-3,5,16-17H,4H2,1H3,(H,13,14,15). The van der Waals surface area contributed by atoms with Crippen LogP contribution in [0.15, 0.2) is 17.5 Å². The monoisotopic (exact) mass is 233 g/mol. The summed E-state index contributed by atoms with van der Waals surface area (Å²) in [6.07, 6.45) is 4.24. The second-order valence-electron chi connectivity index (χ2n) is 3.36. The summed E-state index contributed by atoms with van der Waals surface area (Å²) in [7, 11) is 0. The summed E-state index contributed by atoms with van der Waals surface area (Å²) in [5, 5.41) is 25.2. The summed E-state index contributed by atoms with van der Waals surface area (Å²) in [6.45, 7) is 1.45. The molecule has 0 radical (unpaired) electrons. The Morgan fingerprint density at radius 1 is 1.47 bits per heavy atom. The Kier molecular flexibility index (Phi) is 3.10. The SMILES string of the molecule is Cc1ncc(CO)c(C=Nc2ncn[nH]2)c1O. The number of aromatic hydroxyl groups is 1. The molecule has 0 aliphatic carbocycles. The van der Waals surface area contributed by atoms with Crippen LogP contribution in [-0.2, 0) is 6.61 Å². The van der Waals surface area contributed by atoms with Crippen molar-refractivity contribution in [2.24, 2.45) is 4.99 Å². The van der Waals surface area contributed by atoms with Gasteiger partial charge in [-0.2, -0.15) is 10.1 Å². The minimum absolute atomic E-state index is 0.000171. The van der Waals surface area contributed by atoms with E-state index in [0.29, 0.717) is 22.8 Å². The third-order valence-electron chi connectivity index (χ3n) is 2.25. The molecule has 0 saturated heterocycles. The van der Waals surface area contributed by atoms with Gasteiger partial charge in [0.05, 0.1) is 12.3 Å². The Balaban J connectivity index is 2.40. The lowest BCUT2D eigenvalue weighted by molar-refractivity contribution is 0.280. The van der Waals surface area contributed by atoms with Gasteiger partial charge < -0.3 is 10.2 Å². The molecule has 0 aromatic carbocycles. The summed E-state index contributed by atoms with van der Waals surface area (Å²) in [6, 6.07) is 0. The topological polar surface area (TPSA) is 107 Å². The van der Waals surface area contributed by atoms with Crippen LogP contribution < -0.4 is 0 Å². The van der Waals surface area contributed by atoms with Gasteiger partial charge in [-0.25, -0.2) is 10.1 Å². The summed E-state index contributed by atoms with van der Waals surface area (Å²) < 4.78 is 0. The molecule has 2 heterocycles. The van der Waals surface area contributed by atoms with Crippen molar-refractivity contribution in [3.8, 4) is 5.75 Å². The molecule has 0 atom stereocenters. The predicted octanol–water partition coefficient (Wildman–Crippen LogP) is 0.457. The number of pyridine rings is 1. The Morgan fingerprint density at radius 2 is 2.29 bits per heavy atom. The highest BCUT2D eigenvalue weighted by atomic mass is 16.3. The number of nitrogens with zero attached hydrogens (tertiary/aromatic N) is 4. The van der Waals surface area contributed by atoms with E-state index >= 15 is 0 Å². The highest BCUT2D eigenvalue weighted by molar-refractivity contribution is 5.86. The van der Waals surface area contributed by atoms with Crippen LogP contribution in [0.4, 0.5) is 5.95 Å². The molecule has 0 amide bonds. The number of hydrogen-bond donors (Lipinski definition) is 3. The number of hydrogen-bond acceptors (Lipinski definition) is 6. The van der Waals surface area contributed by atoms with Gasteiger partial charge in [-0.3, -0.25) is 4.98 Å². The first kappa shape index (κ1) is 11.2. The van der Waals surface area contributed by atoms with E-state index in [4.69, 9.17) is 5.11 Å². The fraction of sp³-hybridized carbons (Fsp3) is 0.200. The molecule has 2 rings (SSSR count). The van der Waals surface area contributed by atoms with Crippen LogP contribution in [-0.4, -0.2) is 36.6 Å². The molecule has 88 valence electrons. The average molecular weight is 233 g/mol. The Labute approximate surface area is 96.9 Å². The normalized spacial score (nSPS) is 11.2. The van der Waals surface area contributed by atoms with Gasteiger partial charge in [0.2, 0.25) is 5.95 Å². The van der Waals surface area contributed by atoms with E-state index in [2.05, 4.69) is 25.2 Å². The maximum Gasteiger partial charge on any atom is 0.245 e. The Morgan fingerprint density at radius 3 is 2.94 bits per heavy atom.